The smallest absolute Gasteiger partial charge is 0.408 e. The Bertz CT molecular complexity index is 968. The molecule has 7 nitrogen and oxygen atoms in total. The first-order chi connectivity index (χ1) is 16.0. The zero-order chi connectivity index (χ0) is 25.3. The maximum absolute atomic E-state index is 13.3. The lowest BCUT2D eigenvalue weighted by molar-refractivity contribution is -0.149. The number of halogens is 1. The number of hydrogen-bond acceptors (Lipinski definition) is 6. The minimum absolute atomic E-state index is 0.161. The Kier molecular flexibility index (Phi) is 9.59. The molecule has 3 N–H and O–H groups in total. The van der Waals surface area contributed by atoms with Gasteiger partial charge in [0.2, 0.25) is 0 Å². The zero-order valence-electron chi connectivity index (χ0n) is 20.1. The lowest BCUT2D eigenvalue weighted by Gasteiger charge is -2.24. The Morgan fingerprint density at radius 1 is 0.971 bits per heavy atom. The molecule has 0 aliphatic heterocycles. The summed E-state index contributed by atoms with van der Waals surface area (Å²) in [5.41, 5.74) is 7.07. The van der Waals surface area contributed by atoms with E-state index in [-0.39, 0.29) is 31.7 Å². The molecule has 2 rings (SSSR count). The molecule has 8 heteroatoms. The molecule has 2 aromatic rings. The van der Waals surface area contributed by atoms with E-state index in [1.807, 2.05) is 0 Å². The number of nitrogens with one attached hydrogen (secondary N) is 1. The molecule has 0 fully saturated rings. The average Bonchev–Trinajstić information content (AvgIpc) is 2.74. The maximum atomic E-state index is 13.3. The van der Waals surface area contributed by atoms with Gasteiger partial charge in [-0.1, -0.05) is 24.3 Å². The van der Waals surface area contributed by atoms with Crippen molar-refractivity contribution in [2.75, 3.05) is 12.3 Å². The van der Waals surface area contributed by atoms with E-state index in [4.69, 9.17) is 15.2 Å². The second kappa shape index (κ2) is 12.2. The summed E-state index contributed by atoms with van der Waals surface area (Å²) >= 11 is 0. The fourth-order valence-electron chi connectivity index (χ4n) is 3.37. The van der Waals surface area contributed by atoms with E-state index >= 15 is 0 Å². The number of carbonyl (C=O) groups is 3. The molecule has 2 atom stereocenters. The van der Waals surface area contributed by atoms with Gasteiger partial charge < -0.3 is 20.5 Å². The highest BCUT2D eigenvalue weighted by Gasteiger charge is 2.30. The Hall–Kier alpha value is -3.42. The van der Waals surface area contributed by atoms with Crippen LogP contribution in [0.25, 0.3) is 0 Å². The highest BCUT2D eigenvalue weighted by atomic mass is 19.1. The van der Waals surface area contributed by atoms with Gasteiger partial charge in [0, 0.05) is 12.1 Å². The van der Waals surface area contributed by atoms with Crippen molar-refractivity contribution in [3.8, 4) is 0 Å². The van der Waals surface area contributed by atoms with Crippen LogP contribution in [0, 0.1) is 11.7 Å². The summed E-state index contributed by atoms with van der Waals surface area (Å²) in [5, 5.41) is 2.64. The number of ketones is 1. The molecule has 0 heterocycles. The molecule has 34 heavy (non-hydrogen) atoms. The lowest BCUT2D eigenvalue weighted by Crippen LogP contribution is -2.45. The lowest BCUT2D eigenvalue weighted by atomic mass is 9.90. The fourth-order valence-corrected chi connectivity index (χ4v) is 3.37. The predicted molar refractivity (Wildman–Crippen MR) is 128 cm³/mol. The highest BCUT2D eigenvalue weighted by Crippen LogP contribution is 2.19. The zero-order valence-corrected chi connectivity index (χ0v) is 20.1. The van der Waals surface area contributed by atoms with Gasteiger partial charge in [-0.3, -0.25) is 9.59 Å². The molecule has 0 aliphatic carbocycles. The van der Waals surface area contributed by atoms with Crippen molar-refractivity contribution in [3.05, 3.63) is 65.5 Å². The number of nitrogen functional groups attached to an aromatic ring is 1. The minimum atomic E-state index is -0.927. The van der Waals surface area contributed by atoms with Crippen LogP contribution in [0.4, 0.5) is 14.9 Å². The molecule has 1 amide bonds. The van der Waals surface area contributed by atoms with Crippen molar-refractivity contribution in [2.24, 2.45) is 5.92 Å². The number of Topliss-reactive ketones (excluding diaryl/α,β-unsaturated/α-hetero) is 1. The van der Waals surface area contributed by atoms with E-state index in [2.05, 4.69) is 5.32 Å². The second-order valence-corrected chi connectivity index (χ2v) is 9.09. The van der Waals surface area contributed by atoms with Crippen LogP contribution < -0.4 is 11.1 Å². The third kappa shape index (κ3) is 9.21. The van der Waals surface area contributed by atoms with Crippen LogP contribution in [0.1, 0.15) is 45.2 Å². The van der Waals surface area contributed by atoms with Crippen molar-refractivity contribution in [3.63, 3.8) is 0 Å². The van der Waals surface area contributed by atoms with Crippen molar-refractivity contribution in [1.29, 1.82) is 0 Å². The number of esters is 1. The van der Waals surface area contributed by atoms with Gasteiger partial charge in [-0.05, 0) is 75.9 Å². The van der Waals surface area contributed by atoms with Crippen molar-refractivity contribution in [1.82, 2.24) is 5.32 Å². The first-order valence-electron chi connectivity index (χ1n) is 11.2. The number of carbonyl (C=O) groups excluding carboxylic acids is 3. The summed E-state index contributed by atoms with van der Waals surface area (Å²) in [5.74, 6) is -2.04. The number of ether oxygens (including phenoxy) is 2. The van der Waals surface area contributed by atoms with E-state index in [0.717, 1.165) is 5.56 Å². The second-order valence-electron chi connectivity index (χ2n) is 9.09. The fraction of sp³-hybridized carbons (Fsp3) is 0.423. The molecule has 0 saturated carbocycles. The first kappa shape index (κ1) is 26.8. The predicted octanol–water partition coefficient (Wildman–Crippen LogP) is 4.22. The number of alkyl carbamates (subject to hydrolysis) is 1. The highest BCUT2D eigenvalue weighted by molar-refractivity contribution is 5.91. The van der Waals surface area contributed by atoms with E-state index in [0.29, 0.717) is 11.3 Å². The van der Waals surface area contributed by atoms with Crippen molar-refractivity contribution in [2.45, 2.75) is 58.6 Å². The van der Waals surface area contributed by atoms with E-state index in [1.54, 1.807) is 64.1 Å². The van der Waals surface area contributed by atoms with Crippen molar-refractivity contribution < 1.29 is 28.2 Å². The third-order valence-electron chi connectivity index (χ3n) is 4.96. The van der Waals surface area contributed by atoms with Gasteiger partial charge in [0.05, 0.1) is 18.6 Å². The van der Waals surface area contributed by atoms with Gasteiger partial charge in [-0.25, -0.2) is 9.18 Å². The van der Waals surface area contributed by atoms with Crippen LogP contribution >= 0.6 is 0 Å². The Balaban J connectivity index is 2.23. The van der Waals surface area contributed by atoms with Gasteiger partial charge in [0.25, 0.3) is 0 Å². The van der Waals surface area contributed by atoms with Crippen molar-refractivity contribution >= 4 is 23.5 Å². The molecule has 0 unspecified atom stereocenters. The average molecular weight is 473 g/mol. The van der Waals surface area contributed by atoms with Crippen LogP contribution in [0.5, 0.6) is 0 Å². The molecule has 0 spiro atoms. The van der Waals surface area contributed by atoms with E-state index in [1.165, 1.54) is 12.1 Å². The number of nitrogens with two attached hydrogens (primary N) is 1. The topological polar surface area (TPSA) is 108 Å². The molecular formula is C26H33FN2O5. The number of amides is 1. The van der Waals surface area contributed by atoms with Gasteiger partial charge in [-0.15, -0.1) is 0 Å². The Labute approximate surface area is 199 Å². The van der Waals surface area contributed by atoms with Gasteiger partial charge in [0.15, 0.2) is 5.78 Å². The summed E-state index contributed by atoms with van der Waals surface area (Å²) in [6, 6.07) is 11.8. The molecule has 0 bridgehead atoms. The van der Waals surface area contributed by atoms with Gasteiger partial charge >= 0.3 is 12.1 Å². The van der Waals surface area contributed by atoms with E-state index < -0.39 is 35.4 Å². The number of benzene rings is 2. The molecule has 184 valence electrons. The SMILES string of the molecule is CCOC(=O)[C@@H](CC(=O)[C@H](Cc1ccc(N)cc1)NC(=O)OC(C)(C)C)Cc1ccc(F)cc1. The van der Waals surface area contributed by atoms with Crippen LogP contribution in [-0.4, -0.2) is 36.1 Å². The summed E-state index contributed by atoms with van der Waals surface area (Å²) in [6.07, 6.45) is -0.491. The summed E-state index contributed by atoms with van der Waals surface area (Å²) in [6.45, 7) is 7.02. The van der Waals surface area contributed by atoms with Crippen LogP contribution in [0.3, 0.4) is 0 Å². The molecule has 0 aromatic heterocycles. The number of rotatable bonds is 10. The number of hydrogen-bond donors (Lipinski definition) is 2. The largest absolute Gasteiger partial charge is 0.466 e. The number of anilines is 1. The summed E-state index contributed by atoms with van der Waals surface area (Å²) < 4.78 is 23.8. The maximum Gasteiger partial charge on any atom is 0.408 e. The molecule has 0 aliphatic rings. The molecule has 0 saturated heterocycles. The summed E-state index contributed by atoms with van der Waals surface area (Å²) in [4.78, 5) is 38.4. The van der Waals surface area contributed by atoms with Crippen LogP contribution in [0.15, 0.2) is 48.5 Å². The molecule has 0 radical (unpaired) electrons. The first-order valence-corrected chi connectivity index (χ1v) is 11.2. The van der Waals surface area contributed by atoms with Crippen LogP contribution in [0.2, 0.25) is 0 Å². The Morgan fingerprint density at radius 3 is 2.09 bits per heavy atom. The minimum Gasteiger partial charge on any atom is -0.466 e. The summed E-state index contributed by atoms with van der Waals surface area (Å²) in [7, 11) is 0. The quantitative estimate of drug-likeness (QED) is 0.396. The van der Waals surface area contributed by atoms with E-state index in [9.17, 15) is 18.8 Å². The van der Waals surface area contributed by atoms with Crippen LogP contribution in [-0.2, 0) is 31.9 Å². The normalized spacial score (nSPS) is 13.0. The third-order valence-corrected chi connectivity index (χ3v) is 4.96. The standard InChI is InChI=1S/C26H33FN2O5/c1-5-33-24(31)19(14-17-6-10-20(27)11-7-17)16-23(30)22(29-25(32)34-26(2,3)4)15-18-8-12-21(28)13-9-18/h6-13,19,22H,5,14-16,28H2,1-4H3,(H,29,32)/t19-,22+/m1/s1. The van der Waals surface area contributed by atoms with Gasteiger partial charge in [-0.2, -0.15) is 0 Å². The monoisotopic (exact) mass is 472 g/mol. The van der Waals surface area contributed by atoms with Gasteiger partial charge in [0.1, 0.15) is 11.4 Å². The molecule has 2 aromatic carbocycles. The molecular weight excluding hydrogens is 439 g/mol. The Morgan fingerprint density at radius 2 is 1.53 bits per heavy atom.